The zero-order valence-electron chi connectivity index (χ0n) is 11.2. The SMILES string of the molecule is NNC(Cc1ccc(OC(F)(F)F)cc1)C1CSCCO1. The molecule has 2 atom stereocenters. The molecule has 0 aliphatic carbocycles. The zero-order chi connectivity index (χ0) is 15.3. The first-order valence-corrected chi connectivity index (χ1v) is 7.63. The van der Waals surface area contributed by atoms with Gasteiger partial charge in [-0.15, -0.1) is 13.2 Å². The highest BCUT2D eigenvalue weighted by atomic mass is 32.2. The number of nitrogens with one attached hydrogen (secondary N) is 1. The Hall–Kier alpha value is -0.960. The van der Waals surface area contributed by atoms with Crippen LogP contribution in [0, 0.1) is 0 Å². The van der Waals surface area contributed by atoms with Gasteiger partial charge in [0.1, 0.15) is 5.75 Å². The predicted octanol–water partition coefficient (Wildman–Crippen LogP) is 2.09. The van der Waals surface area contributed by atoms with Crippen LogP contribution < -0.4 is 16.0 Å². The second-order valence-corrected chi connectivity index (χ2v) is 5.80. The van der Waals surface area contributed by atoms with Crippen molar-refractivity contribution in [2.24, 2.45) is 5.84 Å². The molecule has 2 rings (SSSR count). The molecule has 1 fully saturated rings. The van der Waals surface area contributed by atoms with Crippen LogP contribution in [0.15, 0.2) is 24.3 Å². The standard InChI is InChI=1S/C13H17F3N2O2S/c14-13(15,16)20-10-3-1-9(2-4-10)7-11(18-17)12-8-21-6-5-19-12/h1-4,11-12,18H,5-8,17H2. The summed E-state index contributed by atoms with van der Waals surface area (Å²) in [7, 11) is 0. The summed E-state index contributed by atoms with van der Waals surface area (Å²) in [5.41, 5.74) is 3.59. The summed E-state index contributed by atoms with van der Waals surface area (Å²) in [4.78, 5) is 0. The molecule has 1 aromatic rings. The van der Waals surface area contributed by atoms with Crippen molar-refractivity contribution in [3.05, 3.63) is 29.8 Å². The number of ether oxygens (including phenoxy) is 2. The van der Waals surface area contributed by atoms with E-state index in [-0.39, 0.29) is 17.9 Å². The van der Waals surface area contributed by atoms with Crippen molar-refractivity contribution in [3.8, 4) is 5.75 Å². The molecule has 0 spiro atoms. The molecule has 21 heavy (non-hydrogen) atoms. The summed E-state index contributed by atoms with van der Waals surface area (Å²) in [5.74, 6) is 7.14. The summed E-state index contributed by atoms with van der Waals surface area (Å²) < 4.78 is 45.7. The molecule has 0 amide bonds. The van der Waals surface area contributed by atoms with Gasteiger partial charge >= 0.3 is 6.36 Å². The van der Waals surface area contributed by atoms with Crippen molar-refractivity contribution >= 4 is 11.8 Å². The van der Waals surface area contributed by atoms with Crippen LogP contribution in [0.5, 0.6) is 5.75 Å². The van der Waals surface area contributed by atoms with E-state index in [4.69, 9.17) is 10.6 Å². The highest BCUT2D eigenvalue weighted by molar-refractivity contribution is 7.99. The van der Waals surface area contributed by atoms with E-state index in [1.165, 1.54) is 12.1 Å². The van der Waals surface area contributed by atoms with Crippen molar-refractivity contribution < 1.29 is 22.6 Å². The number of thioether (sulfide) groups is 1. The van der Waals surface area contributed by atoms with Crippen molar-refractivity contribution in [2.45, 2.75) is 24.9 Å². The molecular weight excluding hydrogens is 305 g/mol. The van der Waals surface area contributed by atoms with Gasteiger partial charge in [-0.3, -0.25) is 11.3 Å². The fourth-order valence-corrected chi connectivity index (χ4v) is 3.06. The number of hydrazine groups is 1. The quantitative estimate of drug-likeness (QED) is 0.642. The zero-order valence-corrected chi connectivity index (χ0v) is 12.0. The van der Waals surface area contributed by atoms with E-state index in [9.17, 15) is 13.2 Å². The van der Waals surface area contributed by atoms with E-state index in [0.717, 1.165) is 17.1 Å². The molecule has 1 aliphatic heterocycles. The van der Waals surface area contributed by atoms with Crippen LogP contribution in [0.2, 0.25) is 0 Å². The Kier molecular flexibility index (Phi) is 5.74. The lowest BCUT2D eigenvalue weighted by Crippen LogP contribution is -2.49. The third-order valence-electron chi connectivity index (χ3n) is 3.12. The van der Waals surface area contributed by atoms with Crippen LogP contribution in [0.1, 0.15) is 5.56 Å². The molecule has 0 bridgehead atoms. The molecule has 118 valence electrons. The van der Waals surface area contributed by atoms with Gasteiger partial charge in [0.05, 0.1) is 18.8 Å². The Morgan fingerprint density at radius 2 is 2.10 bits per heavy atom. The molecule has 1 aromatic carbocycles. The van der Waals surface area contributed by atoms with E-state index in [1.54, 1.807) is 23.9 Å². The van der Waals surface area contributed by atoms with E-state index < -0.39 is 6.36 Å². The smallest absolute Gasteiger partial charge is 0.406 e. The first-order chi connectivity index (χ1) is 9.98. The molecule has 0 radical (unpaired) electrons. The molecule has 3 N–H and O–H groups in total. The number of hydrogen-bond acceptors (Lipinski definition) is 5. The van der Waals surface area contributed by atoms with Gasteiger partial charge in [0.25, 0.3) is 0 Å². The van der Waals surface area contributed by atoms with E-state index in [1.807, 2.05) is 0 Å². The fourth-order valence-electron chi connectivity index (χ4n) is 2.12. The third kappa shape index (κ3) is 5.39. The Labute approximate surface area is 125 Å². The average Bonchev–Trinajstić information content (AvgIpc) is 2.46. The Balaban J connectivity index is 1.94. The van der Waals surface area contributed by atoms with Gasteiger partial charge in [-0.2, -0.15) is 11.8 Å². The maximum absolute atomic E-state index is 12.1. The lowest BCUT2D eigenvalue weighted by molar-refractivity contribution is -0.274. The normalized spacial score (nSPS) is 21.0. The van der Waals surface area contributed by atoms with Gasteiger partial charge in [0, 0.05) is 11.5 Å². The molecule has 1 aliphatic rings. The monoisotopic (exact) mass is 322 g/mol. The topological polar surface area (TPSA) is 56.5 Å². The van der Waals surface area contributed by atoms with E-state index in [0.29, 0.717) is 13.0 Å². The summed E-state index contributed by atoms with van der Waals surface area (Å²) in [6.45, 7) is 0.686. The maximum Gasteiger partial charge on any atom is 0.573 e. The van der Waals surface area contributed by atoms with Crippen LogP contribution in [0.25, 0.3) is 0 Å². The number of hydrogen-bond donors (Lipinski definition) is 2. The summed E-state index contributed by atoms with van der Waals surface area (Å²) >= 11 is 1.80. The van der Waals surface area contributed by atoms with E-state index in [2.05, 4.69) is 10.2 Å². The van der Waals surface area contributed by atoms with Gasteiger partial charge in [-0.25, -0.2) is 0 Å². The molecular formula is C13H17F3N2O2S. The van der Waals surface area contributed by atoms with Crippen LogP contribution >= 0.6 is 11.8 Å². The van der Waals surface area contributed by atoms with Crippen LogP contribution in [0.4, 0.5) is 13.2 Å². The molecule has 8 heteroatoms. The number of alkyl halides is 3. The number of rotatable bonds is 5. The molecule has 0 saturated carbocycles. The van der Waals surface area contributed by atoms with Crippen molar-refractivity contribution in [3.63, 3.8) is 0 Å². The minimum absolute atomic E-state index is 0.000137. The van der Waals surface area contributed by atoms with Gasteiger partial charge < -0.3 is 9.47 Å². The summed E-state index contributed by atoms with van der Waals surface area (Å²) in [6, 6.07) is 5.72. The maximum atomic E-state index is 12.1. The van der Waals surface area contributed by atoms with Gasteiger partial charge in [-0.05, 0) is 24.1 Å². The average molecular weight is 322 g/mol. The lowest BCUT2D eigenvalue weighted by Gasteiger charge is -2.29. The third-order valence-corrected chi connectivity index (χ3v) is 4.14. The molecule has 4 nitrogen and oxygen atoms in total. The Morgan fingerprint density at radius 1 is 1.38 bits per heavy atom. The van der Waals surface area contributed by atoms with Crippen molar-refractivity contribution in [1.29, 1.82) is 0 Å². The highest BCUT2D eigenvalue weighted by Gasteiger charge is 2.31. The van der Waals surface area contributed by atoms with Gasteiger partial charge in [0.2, 0.25) is 0 Å². The van der Waals surface area contributed by atoms with Crippen molar-refractivity contribution in [2.75, 3.05) is 18.1 Å². The summed E-state index contributed by atoms with van der Waals surface area (Å²) in [5, 5.41) is 0. The van der Waals surface area contributed by atoms with Gasteiger partial charge in [-0.1, -0.05) is 12.1 Å². The highest BCUT2D eigenvalue weighted by Crippen LogP contribution is 2.24. The Morgan fingerprint density at radius 3 is 2.62 bits per heavy atom. The van der Waals surface area contributed by atoms with Gasteiger partial charge in [0.15, 0.2) is 0 Å². The number of halogens is 3. The number of nitrogens with two attached hydrogens (primary N) is 1. The molecule has 1 heterocycles. The van der Waals surface area contributed by atoms with Crippen LogP contribution in [-0.2, 0) is 11.2 Å². The molecule has 0 aromatic heterocycles. The fraction of sp³-hybridized carbons (Fsp3) is 0.538. The largest absolute Gasteiger partial charge is 0.573 e. The van der Waals surface area contributed by atoms with Crippen molar-refractivity contribution in [1.82, 2.24) is 5.43 Å². The number of benzene rings is 1. The first kappa shape index (κ1) is 16.4. The Bertz CT molecular complexity index is 436. The summed E-state index contributed by atoms with van der Waals surface area (Å²) in [6.07, 6.45) is -4.09. The minimum Gasteiger partial charge on any atom is -0.406 e. The van der Waals surface area contributed by atoms with Crippen LogP contribution in [-0.4, -0.2) is 36.6 Å². The minimum atomic E-state index is -4.67. The second-order valence-electron chi connectivity index (χ2n) is 4.65. The van der Waals surface area contributed by atoms with Crippen LogP contribution in [0.3, 0.4) is 0 Å². The second kappa shape index (κ2) is 7.35. The van der Waals surface area contributed by atoms with E-state index >= 15 is 0 Å². The first-order valence-electron chi connectivity index (χ1n) is 6.48. The molecule has 2 unspecified atom stereocenters. The lowest BCUT2D eigenvalue weighted by atomic mass is 10.0. The predicted molar refractivity (Wildman–Crippen MR) is 75.0 cm³/mol. The molecule has 1 saturated heterocycles.